The molecular weight excluding hydrogens is 182 g/mol. The van der Waals surface area contributed by atoms with E-state index in [0.29, 0.717) is 5.88 Å². The molecule has 5 heteroatoms. The highest BCUT2D eigenvalue weighted by Gasteiger charge is 2.03. The molecule has 0 aliphatic rings. The molecule has 1 aromatic heterocycles. The molecule has 1 aromatic rings. The first kappa shape index (κ1) is 8.87. The van der Waals surface area contributed by atoms with Crippen LogP contribution in [0.25, 0.3) is 0 Å². The molecular formula is C6H10ClN3S. The van der Waals surface area contributed by atoms with Crippen LogP contribution < -0.4 is 0 Å². The first-order valence-electron chi connectivity index (χ1n) is 3.30. The van der Waals surface area contributed by atoms with Gasteiger partial charge in [0.2, 0.25) is 0 Å². The SMILES string of the molecule is Cc1nnc(SCCCl)n1C. The Labute approximate surface area is 75.1 Å². The van der Waals surface area contributed by atoms with Crippen molar-refractivity contribution in [2.75, 3.05) is 11.6 Å². The lowest BCUT2D eigenvalue weighted by Gasteiger charge is -1.97. The number of aryl methyl sites for hydroxylation is 1. The zero-order valence-corrected chi connectivity index (χ0v) is 8.11. The van der Waals surface area contributed by atoms with Crippen molar-refractivity contribution in [2.45, 2.75) is 12.1 Å². The number of rotatable bonds is 3. The van der Waals surface area contributed by atoms with E-state index in [1.807, 2.05) is 18.5 Å². The molecule has 0 bridgehead atoms. The summed E-state index contributed by atoms with van der Waals surface area (Å²) in [5.41, 5.74) is 0. The average Bonchev–Trinajstić information content (AvgIpc) is 2.31. The molecule has 0 aliphatic carbocycles. The van der Waals surface area contributed by atoms with Crippen molar-refractivity contribution in [1.82, 2.24) is 14.8 Å². The van der Waals surface area contributed by atoms with Crippen molar-refractivity contribution in [3.63, 3.8) is 0 Å². The Hall–Kier alpha value is -0.220. The smallest absolute Gasteiger partial charge is 0.190 e. The van der Waals surface area contributed by atoms with Crippen LogP contribution in [0.2, 0.25) is 0 Å². The lowest BCUT2D eigenvalue weighted by Crippen LogP contribution is -1.94. The molecule has 0 amide bonds. The van der Waals surface area contributed by atoms with Crippen LogP contribution in [0.3, 0.4) is 0 Å². The third kappa shape index (κ3) is 2.10. The fourth-order valence-electron chi connectivity index (χ4n) is 0.643. The summed E-state index contributed by atoms with van der Waals surface area (Å²) in [7, 11) is 1.95. The van der Waals surface area contributed by atoms with E-state index in [9.17, 15) is 0 Å². The number of nitrogens with zero attached hydrogens (tertiary/aromatic N) is 3. The maximum atomic E-state index is 5.53. The third-order valence-corrected chi connectivity index (χ3v) is 2.80. The molecule has 0 saturated carbocycles. The van der Waals surface area contributed by atoms with E-state index in [4.69, 9.17) is 11.6 Å². The number of aromatic nitrogens is 3. The monoisotopic (exact) mass is 191 g/mol. The Morgan fingerprint density at radius 1 is 1.55 bits per heavy atom. The molecule has 0 aliphatic heterocycles. The van der Waals surface area contributed by atoms with Crippen LogP contribution >= 0.6 is 23.4 Å². The Kier molecular flexibility index (Phi) is 3.20. The highest BCUT2D eigenvalue weighted by atomic mass is 35.5. The van der Waals surface area contributed by atoms with Gasteiger partial charge in [-0.25, -0.2) is 0 Å². The van der Waals surface area contributed by atoms with E-state index in [1.54, 1.807) is 11.8 Å². The Morgan fingerprint density at radius 3 is 2.73 bits per heavy atom. The topological polar surface area (TPSA) is 30.7 Å². The predicted octanol–water partition coefficient (Wildman–Crippen LogP) is 1.45. The van der Waals surface area contributed by atoms with Gasteiger partial charge < -0.3 is 4.57 Å². The molecule has 11 heavy (non-hydrogen) atoms. The summed E-state index contributed by atoms with van der Waals surface area (Å²) in [5.74, 6) is 2.46. The fraction of sp³-hybridized carbons (Fsp3) is 0.667. The summed E-state index contributed by atoms with van der Waals surface area (Å²) in [6.45, 7) is 1.93. The van der Waals surface area contributed by atoms with Gasteiger partial charge in [0.05, 0.1) is 0 Å². The lowest BCUT2D eigenvalue weighted by atomic mass is 10.7. The minimum atomic E-state index is 0.649. The summed E-state index contributed by atoms with van der Waals surface area (Å²) >= 11 is 7.16. The van der Waals surface area contributed by atoms with Crippen molar-refractivity contribution >= 4 is 23.4 Å². The minimum Gasteiger partial charge on any atom is -0.309 e. The summed E-state index contributed by atoms with van der Waals surface area (Å²) in [6.07, 6.45) is 0. The molecule has 0 spiro atoms. The van der Waals surface area contributed by atoms with Gasteiger partial charge in [-0.15, -0.1) is 21.8 Å². The van der Waals surface area contributed by atoms with E-state index in [0.717, 1.165) is 16.7 Å². The van der Waals surface area contributed by atoms with Crippen LogP contribution in [0.15, 0.2) is 5.16 Å². The van der Waals surface area contributed by atoms with Gasteiger partial charge >= 0.3 is 0 Å². The second-order valence-electron chi connectivity index (χ2n) is 2.13. The number of hydrogen-bond donors (Lipinski definition) is 0. The van der Waals surface area contributed by atoms with Crippen molar-refractivity contribution in [3.05, 3.63) is 5.82 Å². The minimum absolute atomic E-state index is 0.649. The Balaban J connectivity index is 2.63. The van der Waals surface area contributed by atoms with Gasteiger partial charge in [0.25, 0.3) is 0 Å². The largest absolute Gasteiger partial charge is 0.309 e. The standard InChI is InChI=1S/C6H10ClN3S/c1-5-8-9-6(10(5)2)11-4-3-7/h3-4H2,1-2H3. The molecule has 0 unspecified atom stereocenters. The van der Waals surface area contributed by atoms with Gasteiger partial charge in [0, 0.05) is 18.7 Å². The number of alkyl halides is 1. The summed E-state index contributed by atoms with van der Waals surface area (Å²) < 4.78 is 1.96. The molecule has 1 heterocycles. The number of hydrogen-bond acceptors (Lipinski definition) is 3. The molecule has 3 nitrogen and oxygen atoms in total. The predicted molar refractivity (Wildman–Crippen MR) is 47.2 cm³/mol. The second kappa shape index (κ2) is 3.97. The second-order valence-corrected chi connectivity index (χ2v) is 3.57. The van der Waals surface area contributed by atoms with Gasteiger partial charge in [-0.1, -0.05) is 11.8 Å². The first-order chi connectivity index (χ1) is 5.25. The van der Waals surface area contributed by atoms with Crippen molar-refractivity contribution in [1.29, 1.82) is 0 Å². The Morgan fingerprint density at radius 2 is 2.27 bits per heavy atom. The number of halogens is 1. The molecule has 0 fully saturated rings. The molecule has 0 aromatic carbocycles. The zero-order valence-electron chi connectivity index (χ0n) is 6.54. The van der Waals surface area contributed by atoms with Gasteiger partial charge in [0.1, 0.15) is 5.82 Å². The highest BCUT2D eigenvalue weighted by Crippen LogP contribution is 2.14. The zero-order chi connectivity index (χ0) is 8.27. The van der Waals surface area contributed by atoms with Crippen molar-refractivity contribution in [3.8, 4) is 0 Å². The van der Waals surface area contributed by atoms with E-state index in [-0.39, 0.29) is 0 Å². The van der Waals surface area contributed by atoms with E-state index < -0.39 is 0 Å². The fourth-order valence-corrected chi connectivity index (χ4v) is 1.56. The summed E-state index contributed by atoms with van der Waals surface area (Å²) in [5, 5.41) is 8.82. The Bertz CT molecular complexity index is 236. The molecule has 0 radical (unpaired) electrons. The maximum Gasteiger partial charge on any atom is 0.190 e. The molecule has 0 N–H and O–H groups in total. The van der Waals surface area contributed by atoms with Crippen LogP contribution in [0.4, 0.5) is 0 Å². The highest BCUT2D eigenvalue weighted by molar-refractivity contribution is 7.99. The van der Waals surface area contributed by atoms with E-state index in [2.05, 4.69) is 10.2 Å². The van der Waals surface area contributed by atoms with Crippen molar-refractivity contribution < 1.29 is 0 Å². The van der Waals surface area contributed by atoms with Gasteiger partial charge in [0.15, 0.2) is 5.16 Å². The van der Waals surface area contributed by atoms with Crippen LogP contribution in [-0.4, -0.2) is 26.4 Å². The quantitative estimate of drug-likeness (QED) is 0.536. The normalized spacial score (nSPS) is 10.5. The first-order valence-corrected chi connectivity index (χ1v) is 4.82. The van der Waals surface area contributed by atoms with Crippen LogP contribution in [0.5, 0.6) is 0 Å². The van der Waals surface area contributed by atoms with Crippen LogP contribution in [0, 0.1) is 6.92 Å². The molecule has 0 saturated heterocycles. The van der Waals surface area contributed by atoms with Gasteiger partial charge in [-0.05, 0) is 6.92 Å². The van der Waals surface area contributed by atoms with Crippen LogP contribution in [-0.2, 0) is 7.05 Å². The summed E-state index contributed by atoms with van der Waals surface area (Å²) in [6, 6.07) is 0. The number of thioether (sulfide) groups is 1. The van der Waals surface area contributed by atoms with Crippen molar-refractivity contribution in [2.24, 2.45) is 7.05 Å². The molecule has 62 valence electrons. The van der Waals surface area contributed by atoms with Gasteiger partial charge in [-0.3, -0.25) is 0 Å². The molecule has 1 rings (SSSR count). The lowest BCUT2D eigenvalue weighted by molar-refractivity contribution is 0.766. The third-order valence-electron chi connectivity index (χ3n) is 1.36. The van der Waals surface area contributed by atoms with E-state index >= 15 is 0 Å². The van der Waals surface area contributed by atoms with Crippen LogP contribution in [0.1, 0.15) is 5.82 Å². The molecule has 0 atom stereocenters. The maximum absolute atomic E-state index is 5.53. The van der Waals surface area contributed by atoms with Gasteiger partial charge in [-0.2, -0.15) is 0 Å². The van der Waals surface area contributed by atoms with E-state index in [1.165, 1.54) is 0 Å². The average molecular weight is 192 g/mol. The summed E-state index contributed by atoms with van der Waals surface area (Å²) in [4.78, 5) is 0.